The quantitative estimate of drug-likeness (QED) is 0.305. The number of aromatic nitrogens is 2. The number of halogens is 1. The molecule has 0 saturated heterocycles. The van der Waals surface area contributed by atoms with E-state index >= 15 is 0 Å². The lowest BCUT2D eigenvalue weighted by atomic mass is 9.89. The third kappa shape index (κ3) is 8.74. The summed E-state index contributed by atoms with van der Waals surface area (Å²) in [6, 6.07) is 10.4. The second-order valence-electron chi connectivity index (χ2n) is 7.94. The van der Waals surface area contributed by atoms with E-state index in [1.165, 1.54) is 5.56 Å². The average Bonchev–Trinajstić information content (AvgIpc) is 3.09. The molecule has 0 aliphatic heterocycles. The van der Waals surface area contributed by atoms with Gasteiger partial charge in [0.05, 0.1) is 12.6 Å². The number of ether oxygens (including phenoxy) is 1. The molecule has 2 rings (SSSR count). The fraction of sp³-hybridized carbons (Fsp3) is 0.545. The van der Waals surface area contributed by atoms with Gasteiger partial charge in [-0.05, 0) is 17.9 Å². The van der Waals surface area contributed by atoms with Gasteiger partial charge in [-0.15, -0.1) is 24.0 Å². The summed E-state index contributed by atoms with van der Waals surface area (Å²) in [7, 11) is 1.75. The van der Waals surface area contributed by atoms with Crippen molar-refractivity contribution in [3.05, 3.63) is 54.1 Å². The first kappa shape index (κ1) is 25.4. The minimum Gasteiger partial charge on any atom is -0.379 e. The van der Waals surface area contributed by atoms with E-state index in [9.17, 15) is 0 Å². The van der Waals surface area contributed by atoms with E-state index in [2.05, 4.69) is 72.1 Å². The fourth-order valence-corrected chi connectivity index (χ4v) is 3.00. The lowest BCUT2D eigenvalue weighted by Gasteiger charge is -2.28. The molecule has 1 heterocycles. The predicted molar refractivity (Wildman–Crippen MR) is 131 cm³/mol. The van der Waals surface area contributed by atoms with Crippen LogP contribution in [0.25, 0.3) is 0 Å². The zero-order valence-corrected chi connectivity index (χ0v) is 20.6. The first-order valence-electron chi connectivity index (χ1n) is 10.0. The highest BCUT2D eigenvalue weighted by Gasteiger charge is 2.24. The van der Waals surface area contributed by atoms with Gasteiger partial charge in [-0.2, -0.15) is 0 Å². The molecule has 6 nitrogen and oxygen atoms in total. The summed E-state index contributed by atoms with van der Waals surface area (Å²) >= 11 is 0. The minimum absolute atomic E-state index is 0. The minimum atomic E-state index is 0. The van der Waals surface area contributed by atoms with Crippen molar-refractivity contribution in [2.75, 3.05) is 26.7 Å². The van der Waals surface area contributed by atoms with E-state index in [4.69, 9.17) is 9.73 Å². The first-order chi connectivity index (χ1) is 13.4. The normalized spacial score (nSPS) is 12.9. The van der Waals surface area contributed by atoms with E-state index in [-0.39, 0.29) is 35.5 Å². The molecule has 2 N–H and O–H groups in total. The Labute approximate surface area is 192 Å². The lowest BCUT2D eigenvalue weighted by molar-refractivity contribution is 0.0241. The topological polar surface area (TPSA) is 63.5 Å². The zero-order valence-electron chi connectivity index (χ0n) is 18.3. The molecule has 0 aliphatic carbocycles. The zero-order chi connectivity index (χ0) is 20.4. The SMILES string of the molecule is CCNC(=NCC(OC)C(C)(C)C)NCCc1nccn1Cc1ccccc1.I. The highest BCUT2D eigenvalue weighted by atomic mass is 127. The molecule has 0 radical (unpaired) electrons. The molecular formula is C22H36IN5O. The summed E-state index contributed by atoms with van der Waals surface area (Å²) in [5.41, 5.74) is 1.33. The van der Waals surface area contributed by atoms with Gasteiger partial charge in [0.2, 0.25) is 0 Å². The van der Waals surface area contributed by atoms with Gasteiger partial charge >= 0.3 is 0 Å². The van der Waals surface area contributed by atoms with Gasteiger partial charge in [-0.3, -0.25) is 4.99 Å². The fourth-order valence-electron chi connectivity index (χ4n) is 3.00. The van der Waals surface area contributed by atoms with Crippen LogP contribution >= 0.6 is 24.0 Å². The van der Waals surface area contributed by atoms with Crippen LogP contribution < -0.4 is 10.6 Å². The molecule has 7 heteroatoms. The van der Waals surface area contributed by atoms with Gasteiger partial charge in [-0.25, -0.2) is 4.98 Å². The number of nitrogens with zero attached hydrogens (tertiary/aromatic N) is 3. The molecule has 0 bridgehead atoms. The smallest absolute Gasteiger partial charge is 0.191 e. The van der Waals surface area contributed by atoms with E-state index in [1.807, 2.05) is 18.5 Å². The van der Waals surface area contributed by atoms with Crippen molar-refractivity contribution in [2.24, 2.45) is 10.4 Å². The molecule has 1 aromatic carbocycles. The largest absolute Gasteiger partial charge is 0.379 e. The summed E-state index contributed by atoms with van der Waals surface area (Å²) in [6.45, 7) is 11.6. The number of hydrogen-bond donors (Lipinski definition) is 2. The van der Waals surface area contributed by atoms with Gasteiger partial charge < -0.3 is 19.9 Å². The standard InChI is InChI=1S/C22H35N5O.HI/c1-6-23-21(26-16-19(28-5)22(2,3)4)25-13-12-20-24-14-15-27(20)17-18-10-8-7-9-11-18;/h7-11,14-15,19H,6,12-13,16-17H2,1-5H3,(H2,23,25,26);1H. The second kappa shape index (κ2) is 12.8. The summed E-state index contributed by atoms with van der Waals surface area (Å²) in [4.78, 5) is 9.22. The van der Waals surface area contributed by atoms with E-state index in [1.54, 1.807) is 7.11 Å². The highest BCUT2D eigenvalue weighted by molar-refractivity contribution is 14.0. The monoisotopic (exact) mass is 513 g/mol. The molecule has 162 valence electrons. The van der Waals surface area contributed by atoms with Crippen LogP contribution in [-0.4, -0.2) is 48.4 Å². The van der Waals surface area contributed by atoms with Crippen molar-refractivity contribution in [1.82, 2.24) is 20.2 Å². The van der Waals surface area contributed by atoms with Gasteiger partial charge in [0, 0.05) is 45.6 Å². The Bertz CT molecular complexity index is 724. The number of nitrogens with one attached hydrogen (secondary N) is 2. The maximum atomic E-state index is 5.60. The van der Waals surface area contributed by atoms with Crippen LogP contribution in [0.4, 0.5) is 0 Å². The lowest BCUT2D eigenvalue weighted by Crippen LogP contribution is -2.40. The molecule has 1 unspecified atom stereocenters. The number of aliphatic imine (C=N–C) groups is 1. The van der Waals surface area contributed by atoms with Crippen molar-refractivity contribution < 1.29 is 4.74 Å². The van der Waals surface area contributed by atoms with E-state index < -0.39 is 0 Å². The summed E-state index contributed by atoms with van der Waals surface area (Å²) in [5.74, 6) is 1.88. The maximum absolute atomic E-state index is 5.60. The van der Waals surface area contributed by atoms with Crippen molar-refractivity contribution in [3.63, 3.8) is 0 Å². The molecule has 1 atom stereocenters. The molecule has 0 saturated carbocycles. The second-order valence-corrected chi connectivity index (χ2v) is 7.94. The van der Waals surface area contributed by atoms with Gasteiger partial charge in [0.15, 0.2) is 5.96 Å². The highest BCUT2D eigenvalue weighted by Crippen LogP contribution is 2.21. The molecule has 1 aromatic heterocycles. The predicted octanol–water partition coefficient (Wildman–Crippen LogP) is 3.71. The Morgan fingerprint density at radius 1 is 1.21 bits per heavy atom. The van der Waals surface area contributed by atoms with E-state index in [0.29, 0.717) is 6.54 Å². The number of methoxy groups -OCH3 is 1. The molecule has 0 fully saturated rings. The third-order valence-corrected chi connectivity index (χ3v) is 4.65. The van der Waals surface area contributed by atoms with Gasteiger partial charge in [0.1, 0.15) is 5.82 Å². The average molecular weight is 513 g/mol. The number of imidazole rings is 1. The first-order valence-corrected chi connectivity index (χ1v) is 10.0. The van der Waals surface area contributed by atoms with E-state index in [0.717, 1.165) is 37.8 Å². The number of rotatable bonds is 9. The number of hydrogen-bond acceptors (Lipinski definition) is 3. The van der Waals surface area contributed by atoms with Crippen LogP contribution in [0.2, 0.25) is 0 Å². The van der Waals surface area contributed by atoms with Crippen molar-refractivity contribution in [1.29, 1.82) is 0 Å². The van der Waals surface area contributed by atoms with Crippen LogP contribution in [0.1, 0.15) is 39.1 Å². The van der Waals surface area contributed by atoms with Crippen LogP contribution in [-0.2, 0) is 17.7 Å². The summed E-state index contributed by atoms with van der Waals surface area (Å²) in [6.07, 6.45) is 4.81. The van der Waals surface area contributed by atoms with Gasteiger partial charge in [0.25, 0.3) is 0 Å². The molecule has 0 amide bonds. The summed E-state index contributed by atoms with van der Waals surface area (Å²) < 4.78 is 7.80. The maximum Gasteiger partial charge on any atom is 0.191 e. The Hall–Kier alpha value is -1.61. The number of guanidine groups is 1. The third-order valence-electron chi connectivity index (χ3n) is 4.65. The molecule has 2 aromatic rings. The molecule has 29 heavy (non-hydrogen) atoms. The Morgan fingerprint density at radius 2 is 1.93 bits per heavy atom. The molecular weight excluding hydrogens is 477 g/mol. The molecule has 0 spiro atoms. The van der Waals surface area contributed by atoms with Crippen LogP contribution in [0.3, 0.4) is 0 Å². The van der Waals surface area contributed by atoms with Crippen LogP contribution in [0.5, 0.6) is 0 Å². The van der Waals surface area contributed by atoms with Crippen LogP contribution in [0, 0.1) is 5.41 Å². The summed E-state index contributed by atoms with van der Waals surface area (Å²) in [5, 5.41) is 6.72. The van der Waals surface area contributed by atoms with Crippen molar-refractivity contribution in [2.45, 2.75) is 46.8 Å². The Balaban J connectivity index is 0.00000420. The van der Waals surface area contributed by atoms with Gasteiger partial charge in [-0.1, -0.05) is 51.1 Å². The molecule has 0 aliphatic rings. The van der Waals surface area contributed by atoms with Crippen LogP contribution in [0.15, 0.2) is 47.7 Å². The van der Waals surface area contributed by atoms with Crippen molar-refractivity contribution in [3.8, 4) is 0 Å². The number of benzene rings is 1. The Kier molecular flexibility index (Phi) is 11.3. The Morgan fingerprint density at radius 3 is 2.55 bits per heavy atom. The van der Waals surface area contributed by atoms with Crippen molar-refractivity contribution >= 4 is 29.9 Å².